The molecule has 1 aromatic rings. The summed E-state index contributed by atoms with van der Waals surface area (Å²) < 4.78 is 5.18. The van der Waals surface area contributed by atoms with Crippen molar-refractivity contribution in [2.24, 2.45) is 11.8 Å². The Morgan fingerprint density at radius 2 is 2.20 bits per heavy atom. The van der Waals surface area contributed by atoms with Gasteiger partial charge in [0.15, 0.2) is 0 Å². The average Bonchev–Trinajstić information content (AvgIpc) is 2.94. The first-order valence-corrected chi connectivity index (χ1v) is 5.46. The Labute approximate surface area is 94.2 Å². The third kappa shape index (κ3) is 2.51. The molecule has 3 heteroatoms. The molecule has 0 amide bonds. The highest BCUT2D eigenvalue weighted by Crippen LogP contribution is 2.38. The zero-order valence-electron chi connectivity index (χ0n) is 8.57. The number of carbonyl (C=O) groups excluding carboxylic acids is 1. The average molecular weight is 225 g/mol. The molecule has 15 heavy (non-hydrogen) atoms. The molecule has 0 saturated heterocycles. The van der Waals surface area contributed by atoms with E-state index in [4.69, 9.17) is 16.3 Å². The van der Waals surface area contributed by atoms with E-state index in [0.717, 1.165) is 12.0 Å². The SMILES string of the molecule is CC1CC1C(=O)OCc1ccccc1Cl. The standard InChI is InChI=1S/C12H13ClO2/c1-8-6-10(8)12(14)15-7-9-4-2-3-5-11(9)13/h2-5,8,10H,6-7H2,1H3. The van der Waals surface area contributed by atoms with Gasteiger partial charge >= 0.3 is 5.97 Å². The molecule has 1 saturated carbocycles. The van der Waals surface area contributed by atoms with E-state index in [1.807, 2.05) is 18.2 Å². The van der Waals surface area contributed by atoms with Gasteiger partial charge in [0.05, 0.1) is 5.92 Å². The Kier molecular flexibility index (Phi) is 2.96. The smallest absolute Gasteiger partial charge is 0.309 e. The van der Waals surface area contributed by atoms with Crippen molar-refractivity contribution in [2.75, 3.05) is 0 Å². The van der Waals surface area contributed by atoms with Crippen LogP contribution in [0, 0.1) is 11.8 Å². The summed E-state index contributed by atoms with van der Waals surface area (Å²) >= 11 is 5.94. The van der Waals surface area contributed by atoms with Crippen molar-refractivity contribution >= 4 is 17.6 Å². The third-order valence-corrected chi connectivity index (χ3v) is 3.11. The van der Waals surface area contributed by atoms with Gasteiger partial charge in [0, 0.05) is 10.6 Å². The molecule has 2 unspecified atom stereocenters. The number of esters is 1. The van der Waals surface area contributed by atoms with Crippen molar-refractivity contribution in [1.82, 2.24) is 0 Å². The maximum absolute atomic E-state index is 11.4. The fourth-order valence-electron chi connectivity index (χ4n) is 1.52. The van der Waals surface area contributed by atoms with Crippen molar-refractivity contribution in [3.63, 3.8) is 0 Å². The summed E-state index contributed by atoms with van der Waals surface area (Å²) in [6, 6.07) is 7.40. The molecule has 0 aliphatic heterocycles. The minimum atomic E-state index is -0.0950. The van der Waals surface area contributed by atoms with Gasteiger partial charge in [-0.05, 0) is 18.4 Å². The summed E-state index contributed by atoms with van der Waals surface area (Å²) in [6.07, 6.45) is 0.960. The molecule has 0 spiro atoms. The van der Waals surface area contributed by atoms with E-state index in [1.54, 1.807) is 6.07 Å². The number of carbonyl (C=O) groups is 1. The first-order chi connectivity index (χ1) is 7.18. The van der Waals surface area contributed by atoms with E-state index in [2.05, 4.69) is 6.92 Å². The van der Waals surface area contributed by atoms with E-state index in [0.29, 0.717) is 10.9 Å². The first-order valence-electron chi connectivity index (χ1n) is 5.08. The quantitative estimate of drug-likeness (QED) is 0.738. The molecule has 1 aliphatic rings. The number of rotatable bonds is 3. The van der Waals surface area contributed by atoms with Crippen LogP contribution in [0.25, 0.3) is 0 Å². The van der Waals surface area contributed by atoms with Crippen molar-refractivity contribution in [3.8, 4) is 0 Å². The molecule has 2 rings (SSSR count). The summed E-state index contributed by atoms with van der Waals surface area (Å²) in [6.45, 7) is 2.34. The van der Waals surface area contributed by atoms with Crippen LogP contribution < -0.4 is 0 Å². The molecule has 0 aromatic heterocycles. The molecule has 1 aromatic carbocycles. The van der Waals surface area contributed by atoms with Crippen molar-refractivity contribution in [1.29, 1.82) is 0 Å². The summed E-state index contributed by atoms with van der Waals surface area (Å²) in [5.41, 5.74) is 0.862. The van der Waals surface area contributed by atoms with Gasteiger partial charge in [-0.3, -0.25) is 4.79 Å². The monoisotopic (exact) mass is 224 g/mol. The third-order valence-electron chi connectivity index (χ3n) is 2.74. The summed E-state index contributed by atoms with van der Waals surface area (Å²) in [5.74, 6) is 0.513. The number of benzene rings is 1. The fourth-order valence-corrected chi connectivity index (χ4v) is 1.71. The maximum atomic E-state index is 11.4. The Hall–Kier alpha value is -1.02. The van der Waals surface area contributed by atoms with Gasteiger partial charge in [0.25, 0.3) is 0 Å². The van der Waals surface area contributed by atoms with Crippen LogP contribution in [0.15, 0.2) is 24.3 Å². The van der Waals surface area contributed by atoms with Crippen LogP contribution >= 0.6 is 11.6 Å². The Morgan fingerprint density at radius 3 is 2.80 bits per heavy atom. The Balaban J connectivity index is 1.88. The largest absolute Gasteiger partial charge is 0.461 e. The van der Waals surface area contributed by atoms with Crippen LogP contribution in [0.3, 0.4) is 0 Å². The molecular formula is C12H13ClO2. The molecule has 80 valence electrons. The van der Waals surface area contributed by atoms with Crippen LogP contribution in [0.5, 0.6) is 0 Å². The lowest BCUT2D eigenvalue weighted by Crippen LogP contribution is -2.07. The van der Waals surface area contributed by atoms with E-state index in [9.17, 15) is 4.79 Å². The lowest BCUT2D eigenvalue weighted by molar-refractivity contribution is -0.146. The van der Waals surface area contributed by atoms with Gasteiger partial charge < -0.3 is 4.74 Å². The van der Waals surface area contributed by atoms with Crippen molar-refractivity contribution in [2.45, 2.75) is 20.0 Å². The molecule has 1 aliphatic carbocycles. The van der Waals surface area contributed by atoms with Crippen molar-refractivity contribution < 1.29 is 9.53 Å². The molecule has 2 atom stereocenters. The van der Waals surface area contributed by atoms with Gasteiger partial charge in [0.1, 0.15) is 6.61 Å². The number of ether oxygens (including phenoxy) is 1. The van der Waals surface area contributed by atoms with Gasteiger partial charge in [-0.15, -0.1) is 0 Å². The second kappa shape index (κ2) is 4.23. The topological polar surface area (TPSA) is 26.3 Å². The van der Waals surface area contributed by atoms with E-state index in [-0.39, 0.29) is 18.5 Å². The second-order valence-electron chi connectivity index (χ2n) is 4.02. The molecule has 0 radical (unpaired) electrons. The van der Waals surface area contributed by atoms with Crippen LogP contribution in [0.1, 0.15) is 18.9 Å². The normalized spacial score (nSPS) is 23.6. The molecule has 0 N–H and O–H groups in total. The lowest BCUT2D eigenvalue weighted by Gasteiger charge is -2.05. The minimum Gasteiger partial charge on any atom is -0.461 e. The first kappa shape index (κ1) is 10.5. The summed E-state index contributed by atoms with van der Waals surface area (Å²) in [5, 5.41) is 0.647. The van der Waals surface area contributed by atoms with Crippen LogP contribution in [0.2, 0.25) is 5.02 Å². The highest BCUT2D eigenvalue weighted by molar-refractivity contribution is 6.31. The maximum Gasteiger partial charge on any atom is 0.309 e. The molecular weight excluding hydrogens is 212 g/mol. The van der Waals surface area contributed by atoms with E-state index >= 15 is 0 Å². The predicted molar refractivity (Wildman–Crippen MR) is 58.5 cm³/mol. The zero-order chi connectivity index (χ0) is 10.8. The van der Waals surface area contributed by atoms with Crippen LogP contribution in [-0.2, 0) is 16.1 Å². The second-order valence-corrected chi connectivity index (χ2v) is 4.43. The number of hydrogen-bond acceptors (Lipinski definition) is 2. The van der Waals surface area contributed by atoms with Gasteiger partial charge in [-0.25, -0.2) is 0 Å². The Bertz CT molecular complexity index is 376. The Morgan fingerprint density at radius 1 is 1.53 bits per heavy atom. The fraction of sp³-hybridized carbons (Fsp3) is 0.417. The zero-order valence-corrected chi connectivity index (χ0v) is 9.33. The van der Waals surface area contributed by atoms with Gasteiger partial charge in [-0.2, -0.15) is 0 Å². The highest BCUT2D eigenvalue weighted by atomic mass is 35.5. The lowest BCUT2D eigenvalue weighted by atomic mass is 10.2. The molecule has 1 fully saturated rings. The van der Waals surface area contributed by atoms with Crippen LogP contribution in [0.4, 0.5) is 0 Å². The van der Waals surface area contributed by atoms with Crippen molar-refractivity contribution in [3.05, 3.63) is 34.9 Å². The number of hydrogen-bond donors (Lipinski definition) is 0. The highest BCUT2D eigenvalue weighted by Gasteiger charge is 2.40. The molecule has 0 bridgehead atoms. The van der Waals surface area contributed by atoms with E-state index in [1.165, 1.54) is 0 Å². The molecule has 0 heterocycles. The summed E-state index contributed by atoms with van der Waals surface area (Å²) in [7, 11) is 0. The van der Waals surface area contributed by atoms with Crippen LogP contribution in [-0.4, -0.2) is 5.97 Å². The molecule has 2 nitrogen and oxygen atoms in total. The minimum absolute atomic E-state index is 0.0950. The summed E-state index contributed by atoms with van der Waals surface area (Å²) in [4.78, 5) is 11.4. The van der Waals surface area contributed by atoms with E-state index < -0.39 is 0 Å². The van der Waals surface area contributed by atoms with Gasteiger partial charge in [0.2, 0.25) is 0 Å². The number of halogens is 1. The predicted octanol–water partition coefficient (Wildman–Crippen LogP) is 3.04. The van der Waals surface area contributed by atoms with Gasteiger partial charge in [-0.1, -0.05) is 36.7 Å².